The average molecular weight is 456 g/mol. The first-order valence-electron chi connectivity index (χ1n) is 12.0. The fourth-order valence-corrected chi connectivity index (χ4v) is 4.02. The quantitative estimate of drug-likeness (QED) is 0.304. The second-order valence-corrected chi connectivity index (χ2v) is 8.81. The van der Waals surface area contributed by atoms with Gasteiger partial charge < -0.3 is 15.3 Å². The van der Waals surface area contributed by atoms with E-state index < -0.39 is 0 Å². The molecule has 2 aromatic carbocycles. The van der Waals surface area contributed by atoms with Crippen molar-refractivity contribution in [2.24, 2.45) is 0 Å². The number of nitrogens with zero attached hydrogens (tertiary/aromatic N) is 4. The van der Waals surface area contributed by atoms with Crippen LogP contribution in [0.5, 0.6) is 5.88 Å². The molecular weight excluding hydrogens is 422 g/mol. The highest BCUT2D eigenvalue weighted by atomic mass is 16.3. The van der Waals surface area contributed by atoms with Gasteiger partial charge >= 0.3 is 0 Å². The van der Waals surface area contributed by atoms with Gasteiger partial charge in [-0.15, -0.1) is 0 Å². The van der Waals surface area contributed by atoms with Gasteiger partial charge in [-0.1, -0.05) is 44.5 Å². The van der Waals surface area contributed by atoms with Gasteiger partial charge in [-0.05, 0) is 60.3 Å². The number of fused-ring (bicyclic) bond motifs is 1. The molecule has 2 N–H and O–H groups in total. The molecular formula is C28H33N5O. The van der Waals surface area contributed by atoms with Crippen LogP contribution in [0.1, 0.15) is 49.6 Å². The number of rotatable bonds is 10. The van der Waals surface area contributed by atoms with Gasteiger partial charge in [0.1, 0.15) is 5.82 Å². The standard InChI is InChI=1S/C28H33N5O/c1-4-5-15-29-18-20(2)22-8-12-24(13-9-22)33(3)23-10-6-21(7-11-23)17-27-31-26-19-30-16-14-25(26)28(34)32-27/h6-14,16,19-20,29H,4-5,15,17-18H2,1-3H3,(H,31,32,34). The zero-order valence-electron chi connectivity index (χ0n) is 20.2. The monoisotopic (exact) mass is 455 g/mol. The summed E-state index contributed by atoms with van der Waals surface area (Å²) in [5.74, 6) is 1.06. The van der Waals surface area contributed by atoms with Crippen LogP contribution in [-0.4, -0.2) is 40.2 Å². The molecule has 2 heterocycles. The molecule has 0 aliphatic heterocycles. The zero-order valence-corrected chi connectivity index (χ0v) is 20.2. The van der Waals surface area contributed by atoms with Crippen molar-refractivity contribution in [3.63, 3.8) is 0 Å². The van der Waals surface area contributed by atoms with Crippen LogP contribution in [-0.2, 0) is 6.42 Å². The van der Waals surface area contributed by atoms with E-state index in [1.807, 2.05) is 0 Å². The smallest absolute Gasteiger partial charge is 0.222 e. The fourth-order valence-electron chi connectivity index (χ4n) is 4.02. The number of hydrogen-bond donors (Lipinski definition) is 2. The number of nitrogens with one attached hydrogen (secondary N) is 1. The van der Waals surface area contributed by atoms with E-state index in [-0.39, 0.29) is 5.88 Å². The van der Waals surface area contributed by atoms with Gasteiger partial charge in [0.15, 0.2) is 0 Å². The van der Waals surface area contributed by atoms with Gasteiger partial charge in [0.25, 0.3) is 0 Å². The van der Waals surface area contributed by atoms with Crippen LogP contribution >= 0.6 is 0 Å². The van der Waals surface area contributed by atoms with Crippen LogP contribution in [0.3, 0.4) is 0 Å². The Bertz CT molecular complexity index is 1210. The lowest BCUT2D eigenvalue weighted by Gasteiger charge is -2.21. The molecule has 6 heteroatoms. The number of benzene rings is 2. The summed E-state index contributed by atoms with van der Waals surface area (Å²) in [4.78, 5) is 15.1. The number of aromatic hydroxyl groups is 1. The Labute approximate surface area is 201 Å². The maximum Gasteiger partial charge on any atom is 0.222 e. The first-order valence-corrected chi connectivity index (χ1v) is 12.0. The van der Waals surface area contributed by atoms with Crippen LogP contribution in [0.25, 0.3) is 10.9 Å². The summed E-state index contributed by atoms with van der Waals surface area (Å²) in [6.07, 6.45) is 6.27. The Morgan fingerprint density at radius 1 is 0.971 bits per heavy atom. The van der Waals surface area contributed by atoms with E-state index in [4.69, 9.17) is 0 Å². The summed E-state index contributed by atoms with van der Waals surface area (Å²) in [5, 5.41) is 14.4. The summed E-state index contributed by atoms with van der Waals surface area (Å²) in [6, 6.07) is 18.9. The molecule has 0 radical (unpaired) electrons. The first kappa shape index (κ1) is 23.6. The SMILES string of the molecule is CCCCNCC(C)c1ccc(N(C)c2ccc(Cc3nc(O)c4ccncc4n3)cc2)cc1. The second kappa shape index (κ2) is 11.1. The molecule has 0 amide bonds. The molecule has 1 atom stereocenters. The highest BCUT2D eigenvalue weighted by molar-refractivity contribution is 5.82. The van der Waals surface area contributed by atoms with Crippen LogP contribution in [0.4, 0.5) is 11.4 Å². The summed E-state index contributed by atoms with van der Waals surface area (Å²) in [6.45, 7) is 6.58. The molecule has 0 aliphatic rings. The maximum atomic E-state index is 10.2. The van der Waals surface area contributed by atoms with E-state index in [1.54, 1.807) is 18.5 Å². The predicted molar refractivity (Wildman–Crippen MR) is 139 cm³/mol. The summed E-state index contributed by atoms with van der Waals surface area (Å²) < 4.78 is 0. The van der Waals surface area contributed by atoms with Crippen molar-refractivity contribution in [2.45, 2.75) is 39.0 Å². The van der Waals surface area contributed by atoms with Gasteiger partial charge in [-0.3, -0.25) is 4.98 Å². The third-order valence-corrected chi connectivity index (χ3v) is 6.22. The molecule has 176 valence electrons. The Hall–Kier alpha value is -3.51. The molecule has 4 aromatic rings. The molecule has 1 unspecified atom stereocenters. The summed E-state index contributed by atoms with van der Waals surface area (Å²) in [7, 11) is 2.08. The molecule has 0 aliphatic carbocycles. The number of unbranched alkanes of at least 4 members (excludes halogenated alkanes) is 1. The third kappa shape index (κ3) is 5.69. The van der Waals surface area contributed by atoms with E-state index in [0.29, 0.717) is 29.1 Å². The molecule has 0 saturated heterocycles. The van der Waals surface area contributed by atoms with E-state index in [9.17, 15) is 5.11 Å². The first-order chi connectivity index (χ1) is 16.5. The number of anilines is 2. The Morgan fingerprint density at radius 2 is 1.68 bits per heavy atom. The molecule has 6 nitrogen and oxygen atoms in total. The lowest BCUT2D eigenvalue weighted by Crippen LogP contribution is -2.21. The molecule has 0 bridgehead atoms. The number of pyridine rings is 1. The largest absolute Gasteiger partial charge is 0.493 e. The topological polar surface area (TPSA) is 74.2 Å². The van der Waals surface area contributed by atoms with Crippen molar-refractivity contribution >= 4 is 22.3 Å². The van der Waals surface area contributed by atoms with E-state index in [2.05, 4.69) is 94.6 Å². The minimum atomic E-state index is -0.00624. The Kier molecular flexibility index (Phi) is 7.70. The van der Waals surface area contributed by atoms with Crippen molar-refractivity contribution in [3.05, 3.63) is 83.9 Å². The lowest BCUT2D eigenvalue weighted by atomic mass is 10.0. The van der Waals surface area contributed by atoms with Crippen LogP contribution in [0.2, 0.25) is 0 Å². The van der Waals surface area contributed by atoms with Gasteiger partial charge in [0.2, 0.25) is 5.88 Å². The number of aromatic nitrogens is 3. The Morgan fingerprint density at radius 3 is 2.38 bits per heavy atom. The number of hydrogen-bond acceptors (Lipinski definition) is 6. The van der Waals surface area contributed by atoms with Gasteiger partial charge in [0, 0.05) is 37.6 Å². The molecule has 4 rings (SSSR count). The highest BCUT2D eigenvalue weighted by Gasteiger charge is 2.10. The van der Waals surface area contributed by atoms with Crippen molar-refractivity contribution in [2.75, 3.05) is 25.0 Å². The minimum absolute atomic E-state index is 0.00624. The van der Waals surface area contributed by atoms with Crippen molar-refractivity contribution in [1.82, 2.24) is 20.3 Å². The molecule has 0 spiro atoms. The summed E-state index contributed by atoms with van der Waals surface area (Å²) >= 11 is 0. The normalized spacial score (nSPS) is 12.1. The van der Waals surface area contributed by atoms with E-state index in [0.717, 1.165) is 30.0 Å². The minimum Gasteiger partial charge on any atom is -0.493 e. The molecule has 0 fully saturated rings. The zero-order chi connectivity index (χ0) is 23.9. The van der Waals surface area contributed by atoms with Gasteiger partial charge in [-0.25, -0.2) is 4.98 Å². The molecule has 34 heavy (non-hydrogen) atoms. The van der Waals surface area contributed by atoms with E-state index >= 15 is 0 Å². The van der Waals surface area contributed by atoms with Gasteiger partial charge in [0.05, 0.1) is 17.1 Å². The molecule has 2 aromatic heterocycles. The van der Waals surface area contributed by atoms with Crippen molar-refractivity contribution < 1.29 is 5.11 Å². The fraction of sp³-hybridized carbons (Fsp3) is 0.321. The van der Waals surface area contributed by atoms with Gasteiger partial charge in [-0.2, -0.15) is 4.98 Å². The van der Waals surface area contributed by atoms with Crippen LogP contribution in [0, 0.1) is 0 Å². The molecule has 0 saturated carbocycles. The third-order valence-electron chi connectivity index (χ3n) is 6.22. The predicted octanol–water partition coefficient (Wildman–Crippen LogP) is 5.58. The van der Waals surface area contributed by atoms with Crippen LogP contribution in [0.15, 0.2) is 67.0 Å². The van der Waals surface area contributed by atoms with E-state index in [1.165, 1.54) is 18.4 Å². The van der Waals surface area contributed by atoms with Crippen LogP contribution < -0.4 is 10.2 Å². The highest BCUT2D eigenvalue weighted by Crippen LogP contribution is 2.27. The Balaban J connectivity index is 1.39. The average Bonchev–Trinajstić information content (AvgIpc) is 2.87. The maximum absolute atomic E-state index is 10.2. The van der Waals surface area contributed by atoms with Crippen molar-refractivity contribution in [3.8, 4) is 5.88 Å². The van der Waals surface area contributed by atoms with Crippen molar-refractivity contribution in [1.29, 1.82) is 0 Å². The lowest BCUT2D eigenvalue weighted by molar-refractivity contribution is 0.457. The second-order valence-electron chi connectivity index (χ2n) is 8.81. The summed E-state index contributed by atoms with van der Waals surface area (Å²) in [5.41, 5.74) is 5.34.